The van der Waals surface area contributed by atoms with Crippen LogP contribution in [0, 0.1) is 0 Å². The van der Waals surface area contributed by atoms with E-state index in [-0.39, 0.29) is 5.84 Å². The van der Waals surface area contributed by atoms with Crippen molar-refractivity contribution in [2.45, 2.75) is 25.8 Å². The summed E-state index contributed by atoms with van der Waals surface area (Å²) in [5.41, 5.74) is 10.1. The van der Waals surface area contributed by atoms with Gasteiger partial charge in [-0.05, 0) is 43.5 Å². The molecule has 0 amide bonds. The minimum Gasteiger partial charge on any atom is -0.409 e. The minimum absolute atomic E-state index is 0.140. The highest BCUT2D eigenvalue weighted by molar-refractivity contribution is 6.03. The van der Waals surface area contributed by atoms with Crippen LogP contribution in [-0.4, -0.2) is 17.1 Å². The Morgan fingerprint density at radius 2 is 1.81 bits per heavy atom. The fourth-order valence-electron chi connectivity index (χ4n) is 3.01. The third-order valence-corrected chi connectivity index (χ3v) is 4.07. The van der Waals surface area contributed by atoms with E-state index < -0.39 is 0 Å². The molecule has 0 saturated carbocycles. The van der Waals surface area contributed by atoms with Crippen LogP contribution in [0.3, 0.4) is 0 Å². The number of hydrogen-bond donors (Lipinski definition) is 2. The maximum absolute atomic E-state index is 9.02. The summed E-state index contributed by atoms with van der Waals surface area (Å²) in [7, 11) is 0. The molecule has 1 heterocycles. The van der Waals surface area contributed by atoms with Crippen molar-refractivity contribution >= 4 is 17.2 Å². The maximum atomic E-state index is 9.02. The van der Waals surface area contributed by atoms with Gasteiger partial charge in [0.2, 0.25) is 0 Å². The van der Waals surface area contributed by atoms with Crippen molar-refractivity contribution in [3.8, 4) is 0 Å². The summed E-state index contributed by atoms with van der Waals surface area (Å²) in [6.07, 6.45) is 2.17. The Hall–Kier alpha value is -2.49. The molecule has 0 fully saturated rings. The van der Waals surface area contributed by atoms with E-state index in [1.54, 1.807) is 0 Å². The number of nitrogens with two attached hydrogens (primary N) is 1. The van der Waals surface area contributed by atoms with E-state index in [9.17, 15) is 0 Å². The smallest absolute Gasteiger partial charge is 0.172 e. The Labute approximate surface area is 124 Å². The molecule has 4 nitrogen and oxygen atoms in total. The average molecular weight is 281 g/mol. The van der Waals surface area contributed by atoms with Crippen LogP contribution in [0.4, 0.5) is 11.4 Å². The van der Waals surface area contributed by atoms with Crippen molar-refractivity contribution < 1.29 is 5.21 Å². The van der Waals surface area contributed by atoms with Gasteiger partial charge < -0.3 is 15.8 Å². The summed E-state index contributed by atoms with van der Waals surface area (Å²) in [5.74, 6) is 0.140. The van der Waals surface area contributed by atoms with Crippen molar-refractivity contribution in [3.63, 3.8) is 0 Å². The largest absolute Gasteiger partial charge is 0.409 e. The molecule has 0 spiro atoms. The van der Waals surface area contributed by atoms with Gasteiger partial charge in [0.15, 0.2) is 5.84 Å². The average Bonchev–Trinajstić information content (AvgIpc) is 2.54. The summed E-state index contributed by atoms with van der Waals surface area (Å²) >= 11 is 0. The monoisotopic (exact) mass is 281 g/mol. The van der Waals surface area contributed by atoms with E-state index in [1.165, 1.54) is 11.3 Å². The fraction of sp³-hybridized carbons (Fsp3) is 0.235. The van der Waals surface area contributed by atoms with Gasteiger partial charge in [-0.25, -0.2) is 0 Å². The van der Waals surface area contributed by atoms with Gasteiger partial charge in [-0.3, -0.25) is 0 Å². The van der Waals surface area contributed by atoms with Crippen LogP contribution in [0.25, 0.3) is 0 Å². The van der Waals surface area contributed by atoms with Crippen molar-refractivity contribution in [2.24, 2.45) is 10.9 Å². The summed E-state index contributed by atoms with van der Waals surface area (Å²) in [5, 5.41) is 12.2. The number of aryl methyl sites for hydroxylation is 1. The zero-order chi connectivity index (χ0) is 14.8. The van der Waals surface area contributed by atoms with Crippen LogP contribution < -0.4 is 10.6 Å². The van der Waals surface area contributed by atoms with Crippen molar-refractivity contribution in [1.82, 2.24) is 0 Å². The summed E-state index contributed by atoms with van der Waals surface area (Å²) in [6.45, 7) is 2.21. The number of benzene rings is 2. The third kappa shape index (κ3) is 2.33. The highest BCUT2D eigenvalue weighted by Gasteiger charge is 2.26. The number of para-hydroxylation sites is 2. The number of anilines is 2. The van der Waals surface area contributed by atoms with Crippen LogP contribution in [0.2, 0.25) is 0 Å². The quantitative estimate of drug-likeness (QED) is 0.384. The van der Waals surface area contributed by atoms with Gasteiger partial charge in [-0.15, -0.1) is 0 Å². The molecule has 1 aliphatic heterocycles. The molecule has 3 N–H and O–H groups in total. The third-order valence-electron chi connectivity index (χ3n) is 4.07. The first kappa shape index (κ1) is 13.5. The second-order valence-electron chi connectivity index (χ2n) is 5.39. The van der Waals surface area contributed by atoms with Crippen LogP contribution in [0.15, 0.2) is 53.7 Å². The number of nitrogens with zero attached hydrogens (tertiary/aromatic N) is 2. The topological polar surface area (TPSA) is 61.8 Å². The fourth-order valence-corrected chi connectivity index (χ4v) is 3.01. The molecule has 0 bridgehead atoms. The summed E-state index contributed by atoms with van der Waals surface area (Å²) < 4.78 is 0. The predicted octanol–water partition coefficient (Wildman–Crippen LogP) is 3.25. The normalized spacial score (nSPS) is 18.4. The SMILES string of the molecule is CC1CCc2ccccc2N1c1ccccc1/C(N)=N/O. The van der Waals surface area contributed by atoms with Gasteiger partial charge >= 0.3 is 0 Å². The standard InChI is InChI=1S/C17H19N3O/c1-12-10-11-13-6-2-4-8-15(13)20(12)16-9-5-3-7-14(16)17(18)19-21/h2-9,12,21H,10-11H2,1H3,(H2,18,19). The van der Waals surface area contributed by atoms with Gasteiger partial charge in [0.25, 0.3) is 0 Å². The van der Waals surface area contributed by atoms with E-state index >= 15 is 0 Å². The van der Waals surface area contributed by atoms with E-state index in [1.807, 2.05) is 24.3 Å². The molecule has 0 aliphatic carbocycles. The molecule has 4 heteroatoms. The lowest BCUT2D eigenvalue weighted by atomic mass is 9.95. The van der Waals surface area contributed by atoms with Crippen LogP contribution >= 0.6 is 0 Å². The summed E-state index contributed by atoms with van der Waals surface area (Å²) in [6, 6.07) is 16.6. The Kier molecular flexibility index (Phi) is 3.52. The molecule has 1 atom stereocenters. The van der Waals surface area contributed by atoms with Gasteiger partial charge in [0.1, 0.15) is 0 Å². The van der Waals surface area contributed by atoms with Crippen molar-refractivity contribution in [2.75, 3.05) is 4.90 Å². The van der Waals surface area contributed by atoms with Crippen molar-refractivity contribution in [1.29, 1.82) is 0 Å². The summed E-state index contributed by atoms with van der Waals surface area (Å²) in [4.78, 5) is 2.28. The highest BCUT2D eigenvalue weighted by Crippen LogP contribution is 2.38. The minimum atomic E-state index is 0.140. The molecule has 3 rings (SSSR count). The Bertz CT molecular complexity index is 681. The van der Waals surface area contributed by atoms with E-state index in [2.05, 4.69) is 41.2 Å². The lowest BCUT2D eigenvalue weighted by Gasteiger charge is -2.38. The molecule has 2 aromatic rings. The van der Waals surface area contributed by atoms with Crippen LogP contribution in [0.5, 0.6) is 0 Å². The van der Waals surface area contributed by atoms with E-state index in [0.717, 1.165) is 24.1 Å². The molecular weight excluding hydrogens is 262 g/mol. The maximum Gasteiger partial charge on any atom is 0.172 e. The Balaban J connectivity index is 2.17. The second kappa shape index (κ2) is 5.48. The molecule has 1 unspecified atom stereocenters. The predicted molar refractivity (Wildman–Crippen MR) is 85.3 cm³/mol. The van der Waals surface area contributed by atoms with Crippen molar-refractivity contribution in [3.05, 3.63) is 59.7 Å². The lowest BCUT2D eigenvalue weighted by molar-refractivity contribution is 0.318. The first-order valence-electron chi connectivity index (χ1n) is 7.16. The number of hydrogen-bond acceptors (Lipinski definition) is 3. The molecule has 0 aromatic heterocycles. The van der Waals surface area contributed by atoms with E-state index in [0.29, 0.717) is 6.04 Å². The number of oxime groups is 1. The molecule has 1 aliphatic rings. The molecule has 0 radical (unpaired) electrons. The zero-order valence-electron chi connectivity index (χ0n) is 12.0. The van der Waals surface area contributed by atoms with Gasteiger partial charge in [0.05, 0.1) is 5.69 Å². The highest BCUT2D eigenvalue weighted by atomic mass is 16.4. The molecule has 0 saturated heterocycles. The van der Waals surface area contributed by atoms with Crippen LogP contribution in [0.1, 0.15) is 24.5 Å². The first-order valence-corrected chi connectivity index (χ1v) is 7.16. The van der Waals surface area contributed by atoms with Crippen LogP contribution in [-0.2, 0) is 6.42 Å². The van der Waals surface area contributed by atoms with Gasteiger partial charge in [-0.1, -0.05) is 35.5 Å². The first-order chi connectivity index (χ1) is 10.2. The number of amidine groups is 1. The van der Waals surface area contributed by atoms with E-state index in [4.69, 9.17) is 10.9 Å². The number of fused-ring (bicyclic) bond motifs is 1. The second-order valence-corrected chi connectivity index (χ2v) is 5.39. The van der Waals surface area contributed by atoms with Gasteiger partial charge in [-0.2, -0.15) is 0 Å². The van der Waals surface area contributed by atoms with Gasteiger partial charge in [0, 0.05) is 17.3 Å². The number of rotatable bonds is 2. The molecular formula is C17H19N3O. The molecule has 2 aromatic carbocycles. The Morgan fingerprint density at radius 3 is 2.57 bits per heavy atom. The lowest BCUT2D eigenvalue weighted by Crippen LogP contribution is -2.34. The Morgan fingerprint density at radius 1 is 1.14 bits per heavy atom. The molecule has 108 valence electrons. The zero-order valence-corrected chi connectivity index (χ0v) is 12.0. The molecule has 21 heavy (non-hydrogen) atoms.